The van der Waals surface area contributed by atoms with Crippen molar-refractivity contribution in [2.75, 3.05) is 6.61 Å². The Morgan fingerprint density at radius 1 is 1.35 bits per heavy atom. The predicted octanol–water partition coefficient (Wildman–Crippen LogP) is 5.39. The van der Waals surface area contributed by atoms with Gasteiger partial charge in [-0.1, -0.05) is 56.3 Å². The van der Waals surface area contributed by atoms with Crippen LogP contribution in [-0.2, 0) is 0 Å². The van der Waals surface area contributed by atoms with E-state index in [4.69, 9.17) is 27.9 Å². The molecule has 0 N–H and O–H groups in total. The van der Waals surface area contributed by atoms with Gasteiger partial charge in [-0.25, -0.2) is 0 Å². The molecule has 0 aliphatic carbocycles. The third-order valence-corrected chi connectivity index (χ3v) is 3.33. The molecule has 0 spiro atoms. The summed E-state index contributed by atoms with van der Waals surface area (Å²) in [5, 5.41) is 1.11. The summed E-state index contributed by atoms with van der Waals surface area (Å²) in [6, 6.07) is 6.31. The first-order valence-corrected chi connectivity index (χ1v) is 6.92. The Morgan fingerprint density at radius 3 is 2.71 bits per heavy atom. The average molecular weight is 274 g/mol. The summed E-state index contributed by atoms with van der Waals surface area (Å²) in [5.74, 6) is 1.20. The maximum Gasteiger partial charge on any atom is 0.145 e. The monoisotopic (exact) mass is 273 g/mol. The molecule has 0 fully saturated rings. The summed E-state index contributed by atoms with van der Waals surface area (Å²) in [7, 11) is 0. The van der Waals surface area contributed by atoms with Crippen LogP contribution < -0.4 is 4.74 Å². The fourth-order valence-electron chi connectivity index (χ4n) is 1.64. The lowest BCUT2D eigenvalue weighted by molar-refractivity contribution is 0.233. The standard InChI is InChI=1S/C14H19Cl2O/c1-3-5-6-11(4-2)10-17-14-8-7-12(15)9-13(14)16/h7,9,11H,3-6,10H2,1-2H3. The summed E-state index contributed by atoms with van der Waals surface area (Å²) in [5.41, 5.74) is 0. The molecule has 0 amide bonds. The Balaban J connectivity index is 2.47. The molecule has 1 radical (unpaired) electrons. The summed E-state index contributed by atoms with van der Waals surface area (Å²) < 4.78 is 5.70. The van der Waals surface area contributed by atoms with Crippen LogP contribution in [0.3, 0.4) is 0 Å². The van der Waals surface area contributed by atoms with E-state index in [9.17, 15) is 0 Å². The molecule has 1 unspecified atom stereocenters. The Kier molecular flexibility index (Phi) is 6.76. The zero-order valence-corrected chi connectivity index (χ0v) is 11.9. The summed E-state index contributed by atoms with van der Waals surface area (Å²) >= 11 is 11.8. The minimum absolute atomic E-state index is 0.530. The van der Waals surface area contributed by atoms with Crippen LogP contribution >= 0.6 is 23.2 Å². The molecule has 0 saturated heterocycles. The van der Waals surface area contributed by atoms with E-state index in [-0.39, 0.29) is 0 Å². The Bertz CT molecular complexity index is 339. The first-order chi connectivity index (χ1) is 8.17. The smallest absolute Gasteiger partial charge is 0.145 e. The van der Waals surface area contributed by atoms with Gasteiger partial charge in [0.1, 0.15) is 5.75 Å². The highest BCUT2D eigenvalue weighted by atomic mass is 35.5. The van der Waals surface area contributed by atoms with E-state index in [1.54, 1.807) is 12.1 Å². The van der Waals surface area contributed by atoms with Crippen LogP contribution in [0.5, 0.6) is 5.75 Å². The molecule has 0 aromatic heterocycles. The van der Waals surface area contributed by atoms with Gasteiger partial charge in [-0.05, 0) is 24.5 Å². The fraction of sp³-hybridized carbons (Fsp3) is 0.571. The minimum Gasteiger partial charge on any atom is -0.491 e. The molecule has 0 saturated carbocycles. The number of unbranched alkanes of at least 4 members (excludes halogenated alkanes) is 1. The molecule has 0 aliphatic rings. The molecule has 1 rings (SSSR count). The molecule has 0 heterocycles. The van der Waals surface area contributed by atoms with E-state index in [0.717, 1.165) is 6.42 Å². The second-order valence-electron chi connectivity index (χ2n) is 4.22. The van der Waals surface area contributed by atoms with E-state index >= 15 is 0 Å². The van der Waals surface area contributed by atoms with Crippen LogP contribution in [0.15, 0.2) is 12.1 Å². The van der Waals surface area contributed by atoms with Crippen LogP contribution in [-0.4, -0.2) is 6.61 Å². The zero-order chi connectivity index (χ0) is 12.7. The summed E-state index contributed by atoms with van der Waals surface area (Å²) in [4.78, 5) is 0. The van der Waals surface area contributed by atoms with Gasteiger partial charge in [-0.15, -0.1) is 0 Å². The average Bonchev–Trinajstić information content (AvgIpc) is 2.31. The SMILES string of the molecule is CCCCC(CC)COc1[c]cc(Cl)cc1Cl. The lowest BCUT2D eigenvalue weighted by atomic mass is 10.0. The van der Waals surface area contributed by atoms with E-state index in [0.29, 0.717) is 28.3 Å². The topological polar surface area (TPSA) is 9.23 Å². The number of benzene rings is 1. The summed E-state index contributed by atoms with van der Waals surface area (Å²) in [6.07, 6.45) is 4.81. The maximum atomic E-state index is 6.02. The van der Waals surface area contributed by atoms with Gasteiger partial charge >= 0.3 is 0 Å². The van der Waals surface area contributed by atoms with E-state index in [1.165, 1.54) is 19.3 Å². The molecule has 1 nitrogen and oxygen atoms in total. The molecule has 1 aromatic rings. The van der Waals surface area contributed by atoms with Gasteiger partial charge < -0.3 is 4.74 Å². The second-order valence-corrected chi connectivity index (χ2v) is 5.07. The first-order valence-electron chi connectivity index (χ1n) is 6.16. The van der Waals surface area contributed by atoms with Gasteiger partial charge in [0.05, 0.1) is 11.6 Å². The van der Waals surface area contributed by atoms with Crippen molar-refractivity contribution >= 4 is 23.2 Å². The van der Waals surface area contributed by atoms with Gasteiger partial charge in [0.15, 0.2) is 0 Å². The zero-order valence-electron chi connectivity index (χ0n) is 10.4. The number of rotatable bonds is 7. The van der Waals surface area contributed by atoms with Crippen molar-refractivity contribution in [3.8, 4) is 5.75 Å². The second kappa shape index (κ2) is 7.84. The maximum absolute atomic E-state index is 6.02. The minimum atomic E-state index is 0.530. The van der Waals surface area contributed by atoms with E-state index < -0.39 is 0 Å². The van der Waals surface area contributed by atoms with Gasteiger partial charge in [-0.3, -0.25) is 0 Å². The Morgan fingerprint density at radius 2 is 2.12 bits per heavy atom. The van der Waals surface area contributed by atoms with Crippen molar-refractivity contribution in [1.29, 1.82) is 0 Å². The number of halogens is 2. The lowest BCUT2D eigenvalue weighted by Crippen LogP contribution is -2.11. The number of hydrogen-bond acceptors (Lipinski definition) is 1. The molecule has 1 atom stereocenters. The van der Waals surface area contributed by atoms with Crippen molar-refractivity contribution in [2.24, 2.45) is 5.92 Å². The Hall–Kier alpha value is -0.400. The van der Waals surface area contributed by atoms with Crippen molar-refractivity contribution in [3.05, 3.63) is 28.2 Å². The quantitative estimate of drug-likeness (QED) is 0.647. The normalized spacial score (nSPS) is 12.5. The van der Waals surface area contributed by atoms with Crippen molar-refractivity contribution in [2.45, 2.75) is 39.5 Å². The van der Waals surface area contributed by atoms with Gasteiger partial charge in [0.25, 0.3) is 0 Å². The first kappa shape index (κ1) is 14.7. The van der Waals surface area contributed by atoms with Crippen molar-refractivity contribution in [3.63, 3.8) is 0 Å². The number of ether oxygens (including phenoxy) is 1. The molecule has 95 valence electrons. The molecule has 17 heavy (non-hydrogen) atoms. The van der Waals surface area contributed by atoms with E-state index in [2.05, 4.69) is 19.9 Å². The van der Waals surface area contributed by atoms with Crippen LogP contribution in [0.1, 0.15) is 39.5 Å². The third-order valence-electron chi connectivity index (χ3n) is 2.83. The van der Waals surface area contributed by atoms with Crippen LogP contribution in [0, 0.1) is 12.0 Å². The molecular weight excluding hydrogens is 255 g/mol. The lowest BCUT2D eigenvalue weighted by Gasteiger charge is -2.16. The van der Waals surface area contributed by atoms with Crippen LogP contribution in [0.25, 0.3) is 0 Å². The molecule has 1 aromatic carbocycles. The highest BCUT2D eigenvalue weighted by Crippen LogP contribution is 2.27. The Labute approximate surface area is 114 Å². The fourth-order valence-corrected chi connectivity index (χ4v) is 2.09. The molecule has 0 aliphatic heterocycles. The summed E-state index contributed by atoms with van der Waals surface area (Å²) in [6.45, 7) is 5.10. The van der Waals surface area contributed by atoms with E-state index in [1.807, 2.05) is 0 Å². The number of hydrogen-bond donors (Lipinski definition) is 0. The predicted molar refractivity (Wildman–Crippen MR) is 74.1 cm³/mol. The highest BCUT2D eigenvalue weighted by molar-refractivity contribution is 6.35. The van der Waals surface area contributed by atoms with Crippen molar-refractivity contribution in [1.82, 2.24) is 0 Å². The van der Waals surface area contributed by atoms with Crippen molar-refractivity contribution < 1.29 is 4.74 Å². The molecular formula is C14H19Cl2O. The largest absolute Gasteiger partial charge is 0.491 e. The highest BCUT2D eigenvalue weighted by Gasteiger charge is 2.09. The molecule has 3 heteroatoms. The van der Waals surface area contributed by atoms with Crippen LogP contribution in [0.2, 0.25) is 10.0 Å². The third kappa shape index (κ3) is 5.18. The molecule has 0 bridgehead atoms. The van der Waals surface area contributed by atoms with Gasteiger partial charge in [0, 0.05) is 11.1 Å². The van der Waals surface area contributed by atoms with Gasteiger partial charge in [-0.2, -0.15) is 0 Å². The van der Waals surface area contributed by atoms with Crippen LogP contribution in [0.4, 0.5) is 0 Å². The van der Waals surface area contributed by atoms with Gasteiger partial charge in [0.2, 0.25) is 0 Å².